The predicted molar refractivity (Wildman–Crippen MR) is 155 cm³/mol. The summed E-state index contributed by atoms with van der Waals surface area (Å²) >= 11 is 0. The molecular formula is C28H30N6O3S. The molecule has 5 heterocycles. The van der Waals surface area contributed by atoms with E-state index in [2.05, 4.69) is 32.8 Å². The molecule has 38 heavy (non-hydrogen) atoms. The summed E-state index contributed by atoms with van der Waals surface area (Å²) in [6.45, 7) is 2.57. The molecule has 6 N–H and O–H groups in total. The quantitative estimate of drug-likeness (QED) is 0.259. The fraction of sp³-hybridized carbons (Fsp3) is 0.321. The number of aromatic nitrogens is 2. The van der Waals surface area contributed by atoms with Crippen LogP contribution in [-0.4, -0.2) is 41.3 Å². The summed E-state index contributed by atoms with van der Waals surface area (Å²) in [4.78, 5) is 13.4. The molecule has 4 atom stereocenters. The lowest BCUT2D eigenvalue weighted by atomic mass is 9.93. The van der Waals surface area contributed by atoms with Crippen LogP contribution in [0, 0.1) is 0 Å². The number of rotatable bonds is 2. The van der Waals surface area contributed by atoms with Crippen molar-refractivity contribution in [3.05, 3.63) is 47.5 Å². The van der Waals surface area contributed by atoms with Gasteiger partial charge in [-0.1, -0.05) is 0 Å². The van der Waals surface area contributed by atoms with Crippen molar-refractivity contribution in [2.45, 2.75) is 44.0 Å². The molecule has 1 amide bonds. The first-order chi connectivity index (χ1) is 17.9. The molecule has 0 aliphatic carbocycles. The van der Waals surface area contributed by atoms with Crippen LogP contribution in [0.4, 0.5) is 11.4 Å². The van der Waals surface area contributed by atoms with Gasteiger partial charge in [-0.05, 0) is 55.9 Å². The molecule has 1 saturated heterocycles. The first kappa shape index (κ1) is 23.7. The maximum absolute atomic E-state index is 13.4. The molecule has 3 aromatic carbocycles. The molecule has 2 aromatic heterocycles. The van der Waals surface area contributed by atoms with Crippen molar-refractivity contribution >= 4 is 74.4 Å². The lowest BCUT2D eigenvalue weighted by Crippen LogP contribution is -2.59. The minimum Gasteiger partial charge on any atom is -0.399 e. The highest BCUT2D eigenvalue weighted by Gasteiger charge is 2.53. The van der Waals surface area contributed by atoms with Crippen LogP contribution in [0.1, 0.15) is 35.5 Å². The molecule has 3 aliphatic rings. The summed E-state index contributed by atoms with van der Waals surface area (Å²) in [6, 6.07) is 12.0. The Bertz CT molecular complexity index is 1860. The van der Waals surface area contributed by atoms with E-state index in [-0.39, 0.29) is 37.8 Å². The molecule has 0 saturated carbocycles. The smallest absolute Gasteiger partial charge is 0.252 e. The van der Waals surface area contributed by atoms with Gasteiger partial charge in [-0.25, -0.2) is 0 Å². The number of nitrogens with zero attached hydrogens (tertiary/aromatic N) is 2. The van der Waals surface area contributed by atoms with Gasteiger partial charge in [0, 0.05) is 59.0 Å². The van der Waals surface area contributed by atoms with E-state index in [4.69, 9.17) is 20.9 Å². The van der Waals surface area contributed by atoms with Crippen LogP contribution in [0.15, 0.2) is 36.4 Å². The molecule has 10 heteroatoms. The van der Waals surface area contributed by atoms with Crippen LogP contribution in [0.3, 0.4) is 0 Å². The number of carbonyl (C=O) groups is 1. The van der Waals surface area contributed by atoms with E-state index in [0.717, 1.165) is 49.2 Å². The number of anilines is 2. The Hall–Kier alpha value is -3.44. The number of nitrogen functional groups attached to an aromatic ring is 2. The van der Waals surface area contributed by atoms with Crippen molar-refractivity contribution in [1.29, 1.82) is 0 Å². The number of methoxy groups -OCH3 is 1. The van der Waals surface area contributed by atoms with Crippen molar-refractivity contribution in [3.8, 4) is 0 Å². The number of nitrogens with two attached hydrogens (primary N) is 2. The molecule has 196 valence electrons. The Balaban J connectivity index is 0.00000242. The average molecular weight is 531 g/mol. The highest BCUT2D eigenvalue weighted by Crippen LogP contribution is 2.54. The lowest BCUT2D eigenvalue weighted by molar-refractivity contribution is -0.256. The molecule has 2 bridgehead atoms. The van der Waals surface area contributed by atoms with Gasteiger partial charge in [-0.3, -0.25) is 4.79 Å². The molecule has 9 nitrogen and oxygen atoms in total. The summed E-state index contributed by atoms with van der Waals surface area (Å²) in [5, 5.41) is 10.5. The zero-order valence-electron chi connectivity index (χ0n) is 21.4. The molecule has 8 rings (SSSR count). The summed E-state index contributed by atoms with van der Waals surface area (Å²) in [5.41, 5.74) is 18.8. The van der Waals surface area contributed by atoms with E-state index in [1.165, 1.54) is 0 Å². The fourth-order valence-electron chi connectivity index (χ4n) is 7.47. The van der Waals surface area contributed by atoms with Crippen molar-refractivity contribution in [3.63, 3.8) is 0 Å². The Morgan fingerprint density at radius 3 is 2.45 bits per heavy atom. The van der Waals surface area contributed by atoms with Crippen LogP contribution in [-0.2, 0) is 21.7 Å². The second-order valence-electron chi connectivity index (χ2n) is 10.7. The summed E-state index contributed by atoms with van der Waals surface area (Å²) < 4.78 is 17.8. The van der Waals surface area contributed by atoms with Gasteiger partial charge in [0.1, 0.15) is 12.3 Å². The largest absolute Gasteiger partial charge is 0.399 e. The van der Waals surface area contributed by atoms with Gasteiger partial charge in [0.05, 0.1) is 27.6 Å². The van der Waals surface area contributed by atoms with Gasteiger partial charge < -0.3 is 40.7 Å². The molecule has 2 unspecified atom stereocenters. The monoisotopic (exact) mass is 530 g/mol. The number of likely N-dealkylation sites (N-methyl/N-ethyl adjacent to an activating group) is 1. The number of nitrogens with one attached hydrogen (secondary N) is 2. The minimum absolute atomic E-state index is 0. The van der Waals surface area contributed by atoms with E-state index < -0.39 is 5.72 Å². The predicted octanol–water partition coefficient (Wildman–Crippen LogP) is 3.63. The Labute approximate surface area is 225 Å². The molecule has 5 aromatic rings. The van der Waals surface area contributed by atoms with Crippen LogP contribution in [0.2, 0.25) is 0 Å². The second kappa shape index (κ2) is 7.57. The van der Waals surface area contributed by atoms with Crippen LogP contribution in [0.5, 0.6) is 0 Å². The first-order valence-electron chi connectivity index (χ1n) is 12.7. The highest BCUT2D eigenvalue weighted by molar-refractivity contribution is 7.59. The standard InChI is InChI=1S/C28H28N6O3.H2S/c1-28-26(36-3)17(31-2)10-20(37-28)33-18-6-4-12(29)8-14(18)22-23-16(11-32-27(23)35)21-15-9-13(30)5-7-19(15)34(28)25(21)24(22)33;/h4-9,17,20,26,31H,10-11,29-30H2,1-3H3,(H,32,35);1H2/t17-,20?,26-,28?;/m1./s1. The average Bonchev–Trinajstić information content (AvgIpc) is 3.50. The molecular weight excluding hydrogens is 500 g/mol. The fourth-order valence-corrected chi connectivity index (χ4v) is 7.47. The van der Waals surface area contributed by atoms with Crippen molar-refractivity contribution in [1.82, 2.24) is 19.8 Å². The second-order valence-corrected chi connectivity index (χ2v) is 10.7. The third kappa shape index (κ3) is 2.56. The van der Waals surface area contributed by atoms with Crippen LogP contribution in [0.25, 0.3) is 43.6 Å². The zero-order chi connectivity index (χ0) is 25.4. The first-order valence-corrected chi connectivity index (χ1v) is 12.7. The molecule has 0 radical (unpaired) electrons. The number of hydrogen-bond donors (Lipinski definition) is 4. The van der Waals surface area contributed by atoms with Crippen LogP contribution >= 0.6 is 13.5 Å². The number of fused-ring (bicyclic) bond motifs is 13. The molecule has 0 spiro atoms. The number of carbonyl (C=O) groups excluding carboxylic acids is 1. The van der Waals surface area contributed by atoms with Crippen LogP contribution < -0.4 is 22.1 Å². The minimum atomic E-state index is -0.835. The number of ether oxygens (including phenoxy) is 2. The van der Waals surface area contributed by atoms with Crippen molar-refractivity contribution in [2.75, 3.05) is 25.6 Å². The Morgan fingerprint density at radius 1 is 1.08 bits per heavy atom. The normalized spacial score (nSPS) is 25.8. The SMILES string of the molecule is CN[C@@H]1CC2OC(C)([C@@H]1OC)n1c3ccc(N)cc3c3c4c(c5c6cc(N)ccc6n2c5c31)C(=O)NC4.S. The Kier molecular flexibility index (Phi) is 4.71. The zero-order valence-corrected chi connectivity index (χ0v) is 22.4. The third-order valence-corrected chi connectivity index (χ3v) is 8.83. The van der Waals surface area contributed by atoms with Gasteiger partial charge >= 0.3 is 0 Å². The number of benzene rings is 3. The van der Waals surface area contributed by atoms with Gasteiger partial charge in [-0.2, -0.15) is 13.5 Å². The topological polar surface area (TPSA) is 121 Å². The highest BCUT2D eigenvalue weighted by atomic mass is 32.1. The maximum Gasteiger partial charge on any atom is 0.252 e. The summed E-state index contributed by atoms with van der Waals surface area (Å²) in [5.74, 6) is -0.0644. The van der Waals surface area contributed by atoms with E-state index in [0.29, 0.717) is 29.9 Å². The van der Waals surface area contributed by atoms with E-state index in [1.54, 1.807) is 7.11 Å². The van der Waals surface area contributed by atoms with Gasteiger partial charge in [0.15, 0.2) is 5.72 Å². The maximum atomic E-state index is 13.4. The molecule has 3 aliphatic heterocycles. The summed E-state index contributed by atoms with van der Waals surface area (Å²) in [7, 11) is 3.71. The van der Waals surface area contributed by atoms with Gasteiger partial charge in [0.25, 0.3) is 5.91 Å². The van der Waals surface area contributed by atoms with Crippen molar-refractivity contribution < 1.29 is 14.3 Å². The van der Waals surface area contributed by atoms with Gasteiger partial charge in [-0.15, -0.1) is 0 Å². The van der Waals surface area contributed by atoms with E-state index in [9.17, 15) is 4.79 Å². The molecule has 1 fully saturated rings. The third-order valence-electron chi connectivity index (χ3n) is 8.83. The van der Waals surface area contributed by atoms with E-state index >= 15 is 0 Å². The number of amides is 1. The van der Waals surface area contributed by atoms with E-state index in [1.807, 2.05) is 37.4 Å². The summed E-state index contributed by atoms with van der Waals surface area (Å²) in [6.07, 6.45) is 0.153. The van der Waals surface area contributed by atoms with Gasteiger partial charge in [0.2, 0.25) is 0 Å². The lowest BCUT2D eigenvalue weighted by Gasteiger charge is -2.48. The Morgan fingerprint density at radius 2 is 1.76 bits per heavy atom. The van der Waals surface area contributed by atoms with Crippen molar-refractivity contribution in [2.24, 2.45) is 0 Å². The number of hydrogen-bond acceptors (Lipinski definition) is 6.